The summed E-state index contributed by atoms with van der Waals surface area (Å²) in [6, 6.07) is 5.45. The first kappa shape index (κ1) is 11.4. The molecule has 0 spiro atoms. The van der Waals surface area contributed by atoms with Crippen LogP contribution in [0.4, 0.5) is 0 Å². The van der Waals surface area contributed by atoms with E-state index in [0.717, 1.165) is 25.1 Å². The molecule has 0 aromatic heterocycles. The number of nitrogens with zero attached hydrogens (tertiary/aromatic N) is 1. The molecule has 0 bridgehead atoms. The van der Waals surface area contributed by atoms with Gasteiger partial charge in [-0.25, -0.2) is 0 Å². The summed E-state index contributed by atoms with van der Waals surface area (Å²) in [7, 11) is 0. The zero-order valence-electron chi connectivity index (χ0n) is 10.4. The number of fused-ring (bicyclic) bond motifs is 1. The van der Waals surface area contributed by atoms with Crippen LogP contribution in [0.1, 0.15) is 32.7 Å². The van der Waals surface area contributed by atoms with Crippen molar-refractivity contribution in [2.24, 2.45) is 5.92 Å². The summed E-state index contributed by atoms with van der Waals surface area (Å²) < 4.78 is 0. The van der Waals surface area contributed by atoms with Gasteiger partial charge in [0, 0.05) is 6.54 Å². The van der Waals surface area contributed by atoms with Gasteiger partial charge >= 0.3 is 0 Å². The Hall–Kier alpha value is -1.68. The molecule has 0 radical (unpaired) electrons. The van der Waals surface area contributed by atoms with E-state index in [4.69, 9.17) is 0 Å². The van der Waals surface area contributed by atoms with Gasteiger partial charge in [-0.3, -0.25) is 14.5 Å². The average molecular weight is 244 g/mol. The molecule has 0 saturated carbocycles. The summed E-state index contributed by atoms with van der Waals surface area (Å²) in [4.78, 5) is 25.8. The van der Waals surface area contributed by atoms with Gasteiger partial charge in [0.25, 0.3) is 11.8 Å². The van der Waals surface area contributed by atoms with E-state index in [0.29, 0.717) is 23.6 Å². The standard InChI is InChI=1S/C14H16N2O2/c1-9-2-3-11-12(6-9)14(18)16(13(11)17)8-10-4-5-15-7-10/h2-3,6,10,15H,4-5,7-8H2,1H3. The largest absolute Gasteiger partial charge is 0.316 e. The second-order valence-electron chi connectivity index (χ2n) is 5.13. The molecular weight excluding hydrogens is 228 g/mol. The molecule has 4 heteroatoms. The first-order valence-electron chi connectivity index (χ1n) is 6.34. The van der Waals surface area contributed by atoms with Gasteiger partial charge in [-0.1, -0.05) is 11.6 Å². The maximum absolute atomic E-state index is 12.2. The van der Waals surface area contributed by atoms with Crippen molar-refractivity contribution in [2.45, 2.75) is 13.3 Å². The predicted molar refractivity (Wildman–Crippen MR) is 67.5 cm³/mol. The van der Waals surface area contributed by atoms with Crippen molar-refractivity contribution in [3.05, 3.63) is 34.9 Å². The molecule has 1 N–H and O–H groups in total. The molecule has 18 heavy (non-hydrogen) atoms. The van der Waals surface area contributed by atoms with E-state index >= 15 is 0 Å². The zero-order chi connectivity index (χ0) is 12.7. The number of rotatable bonds is 2. The highest BCUT2D eigenvalue weighted by atomic mass is 16.2. The molecular formula is C14H16N2O2. The average Bonchev–Trinajstić information content (AvgIpc) is 2.93. The monoisotopic (exact) mass is 244 g/mol. The maximum atomic E-state index is 12.2. The van der Waals surface area contributed by atoms with Crippen LogP contribution >= 0.6 is 0 Å². The maximum Gasteiger partial charge on any atom is 0.261 e. The fraction of sp³-hybridized carbons (Fsp3) is 0.429. The van der Waals surface area contributed by atoms with E-state index < -0.39 is 0 Å². The van der Waals surface area contributed by atoms with Crippen molar-refractivity contribution in [1.29, 1.82) is 0 Å². The number of amides is 2. The number of imide groups is 1. The summed E-state index contributed by atoms with van der Waals surface area (Å²) in [5.74, 6) is 0.126. The molecule has 4 nitrogen and oxygen atoms in total. The number of carbonyl (C=O) groups excluding carboxylic acids is 2. The van der Waals surface area contributed by atoms with Gasteiger partial charge in [0.2, 0.25) is 0 Å². The number of nitrogens with one attached hydrogen (secondary N) is 1. The Bertz CT molecular complexity index is 519. The third-order valence-electron chi connectivity index (χ3n) is 3.73. The minimum atomic E-state index is -0.137. The molecule has 94 valence electrons. The lowest BCUT2D eigenvalue weighted by Gasteiger charge is -2.17. The van der Waals surface area contributed by atoms with Crippen LogP contribution in [0.15, 0.2) is 18.2 Å². The molecule has 1 fully saturated rings. The smallest absolute Gasteiger partial charge is 0.261 e. The topological polar surface area (TPSA) is 49.4 Å². The molecule has 3 rings (SSSR count). The van der Waals surface area contributed by atoms with E-state index in [9.17, 15) is 9.59 Å². The van der Waals surface area contributed by atoms with Gasteiger partial charge in [-0.2, -0.15) is 0 Å². The van der Waals surface area contributed by atoms with E-state index in [1.54, 1.807) is 6.07 Å². The number of aryl methyl sites for hydroxylation is 1. The fourth-order valence-electron chi connectivity index (χ4n) is 2.70. The SMILES string of the molecule is Cc1ccc2c(c1)C(=O)N(CC1CCNC1)C2=O. The molecule has 2 amide bonds. The summed E-state index contributed by atoms with van der Waals surface area (Å²) in [5, 5.41) is 3.26. The number of hydrogen-bond acceptors (Lipinski definition) is 3. The van der Waals surface area contributed by atoms with Gasteiger partial charge < -0.3 is 5.32 Å². The van der Waals surface area contributed by atoms with Crippen molar-refractivity contribution in [3.8, 4) is 0 Å². The van der Waals surface area contributed by atoms with Crippen LogP contribution < -0.4 is 5.32 Å². The molecule has 1 saturated heterocycles. The first-order valence-corrected chi connectivity index (χ1v) is 6.34. The summed E-state index contributed by atoms with van der Waals surface area (Å²) in [6.07, 6.45) is 1.03. The van der Waals surface area contributed by atoms with E-state index in [1.807, 2.05) is 19.1 Å². The first-order chi connectivity index (χ1) is 8.66. The van der Waals surface area contributed by atoms with E-state index in [1.165, 1.54) is 4.90 Å². The number of carbonyl (C=O) groups is 2. The third kappa shape index (κ3) is 1.73. The number of benzene rings is 1. The van der Waals surface area contributed by atoms with Crippen LogP contribution in [0.3, 0.4) is 0 Å². The van der Waals surface area contributed by atoms with Gasteiger partial charge in [0.05, 0.1) is 11.1 Å². The van der Waals surface area contributed by atoms with E-state index in [-0.39, 0.29) is 11.8 Å². The molecule has 1 aromatic rings. The fourth-order valence-corrected chi connectivity index (χ4v) is 2.70. The van der Waals surface area contributed by atoms with Crippen LogP contribution in [-0.2, 0) is 0 Å². The molecule has 2 aliphatic rings. The van der Waals surface area contributed by atoms with Crippen molar-refractivity contribution < 1.29 is 9.59 Å². The zero-order valence-corrected chi connectivity index (χ0v) is 10.4. The predicted octanol–water partition coefficient (Wildman–Crippen LogP) is 1.20. The van der Waals surface area contributed by atoms with Gasteiger partial charge in [-0.15, -0.1) is 0 Å². The minimum absolute atomic E-state index is 0.134. The van der Waals surface area contributed by atoms with Crippen LogP contribution in [0.25, 0.3) is 0 Å². The second kappa shape index (κ2) is 4.21. The normalized spacial score (nSPS) is 22.7. The summed E-state index contributed by atoms with van der Waals surface area (Å²) in [6.45, 7) is 4.35. The molecule has 2 heterocycles. The van der Waals surface area contributed by atoms with Gasteiger partial charge in [0.15, 0.2) is 0 Å². The Labute approximate surface area is 106 Å². The Morgan fingerprint density at radius 2 is 2.06 bits per heavy atom. The third-order valence-corrected chi connectivity index (χ3v) is 3.73. The quantitative estimate of drug-likeness (QED) is 0.795. The second-order valence-corrected chi connectivity index (χ2v) is 5.13. The highest BCUT2D eigenvalue weighted by Gasteiger charge is 2.36. The van der Waals surface area contributed by atoms with Gasteiger partial charge in [0.1, 0.15) is 0 Å². The number of hydrogen-bond donors (Lipinski definition) is 1. The Morgan fingerprint density at radius 3 is 2.78 bits per heavy atom. The lowest BCUT2D eigenvalue weighted by Crippen LogP contribution is -2.35. The highest BCUT2D eigenvalue weighted by Crippen LogP contribution is 2.25. The van der Waals surface area contributed by atoms with E-state index in [2.05, 4.69) is 5.32 Å². The Morgan fingerprint density at radius 1 is 1.28 bits per heavy atom. The van der Waals surface area contributed by atoms with Crippen molar-refractivity contribution in [3.63, 3.8) is 0 Å². The van der Waals surface area contributed by atoms with Crippen LogP contribution in [-0.4, -0.2) is 36.3 Å². The minimum Gasteiger partial charge on any atom is -0.316 e. The van der Waals surface area contributed by atoms with Crippen molar-refractivity contribution in [1.82, 2.24) is 10.2 Å². The Kier molecular flexibility index (Phi) is 2.67. The summed E-state index contributed by atoms with van der Waals surface area (Å²) >= 11 is 0. The lowest BCUT2D eigenvalue weighted by atomic mass is 10.1. The molecule has 1 atom stereocenters. The van der Waals surface area contributed by atoms with Crippen molar-refractivity contribution >= 4 is 11.8 Å². The molecule has 1 aromatic carbocycles. The Balaban J connectivity index is 1.87. The molecule has 0 aliphatic carbocycles. The molecule has 2 aliphatic heterocycles. The highest BCUT2D eigenvalue weighted by molar-refractivity contribution is 6.21. The van der Waals surface area contributed by atoms with Crippen molar-refractivity contribution in [2.75, 3.05) is 19.6 Å². The summed E-state index contributed by atoms with van der Waals surface area (Å²) in [5.41, 5.74) is 2.13. The van der Waals surface area contributed by atoms with Crippen LogP contribution in [0, 0.1) is 12.8 Å². The lowest BCUT2D eigenvalue weighted by molar-refractivity contribution is 0.0633. The van der Waals surface area contributed by atoms with Crippen LogP contribution in [0.5, 0.6) is 0 Å². The van der Waals surface area contributed by atoms with Crippen LogP contribution in [0.2, 0.25) is 0 Å². The van der Waals surface area contributed by atoms with Gasteiger partial charge in [-0.05, 0) is 44.5 Å². The molecule has 1 unspecified atom stereocenters.